The zero-order valence-corrected chi connectivity index (χ0v) is 11.6. The van der Waals surface area contributed by atoms with Crippen LogP contribution in [0.1, 0.15) is 19.8 Å². The van der Waals surface area contributed by atoms with Crippen molar-refractivity contribution in [2.24, 2.45) is 0 Å². The van der Waals surface area contributed by atoms with Crippen LogP contribution in [0, 0.1) is 0 Å². The molecule has 7 heteroatoms. The number of hydrogen-bond donors (Lipinski definition) is 1. The van der Waals surface area contributed by atoms with Crippen LogP contribution in [0.15, 0.2) is 23.2 Å². The molecule has 0 bridgehead atoms. The van der Waals surface area contributed by atoms with Crippen molar-refractivity contribution in [3.8, 4) is 0 Å². The van der Waals surface area contributed by atoms with E-state index < -0.39 is 15.6 Å². The molecule has 0 radical (unpaired) electrons. The lowest BCUT2D eigenvalue weighted by molar-refractivity contribution is 0.0250. The molecule has 1 N–H and O–H groups in total. The number of pyridine rings is 1. The van der Waals surface area contributed by atoms with E-state index in [1.54, 1.807) is 0 Å². The molecule has 1 saturated heterocycles. The molecule has 1 fully saturated rings. The zero-order chi connectivity index (χ0) is 13.2. The lowest BCUT2D eigenvalue weighted by Crippen LogP contribution is -2.40. The molecule has 1 aliphatic rings. The van der Waals surface area contributed by atoms with Gasteiger partial charge in [-0.25, -0.2) is 18.1 Å². The minimum absolute atomic E-state index is 0.00624. The molecule has 2 rings (SSSR count). The van der Waals surface area contributed by atoms with Crippen LogP contribution in [0.2, 0.25) is 5.15 Å². The van der Waals surface area contributed by atoms with Crippen LogP contribution in [0.4, 0.5) is 0 Å². The lowest BCUT2D eigenvalue weighted by atomic mass is 10.0. The van der Waals surface area contributed by atoms with Crippen LogP contribution in [0.25, 0.3) is 0 Å². The van der Waals surface area contributed by atoms with E-state index in [0.717, 1.165) is 12.8 Å². The predicted molar refractivity (Wildman–Crippen MR) is 68.0 cm³/mol. The van der Waals surface area contributed by atoms with E-state index in [1.807, 2.05) is 6.92 Å². The summed E-state index contributed by atoms with van der Waals surface area (Å²) in [7, 11) is -3.64. The van der Waals surface area contributed by atoms with Gasteiger partial charge in [0, 0.05) is 19.3 Å². The average Bonchev–Trinajstić information content (AvgIpc) is 2.75. The fourth-order valence-corrected chi connectivity index (χ4v) is 3.48. The fourth-order valence-electron chi connectivity index (χ4n) is 1.87. The number of nitrogens with one attached hydrogen (secondary N) is 1. The van der Waals surface area contributed by atoms with E-state index in [0.29, 0.717) is 6.61 Å². The Bertz CT molecular complexity index is 527. The van der Waals surface area contributed by atoms with Gasteiger partial charge in [-0.2, -0.15) is 0 Å². The Labute approximate surface area is 112 Å². The minimum atomic E-state index is -3.64. The Morgan fingerprint density at radius 1 is 1.61 bits per heavy atom. The number of rotatable bonds is 4. The molecule has 0 aromatic carbocycles. The van der Waals surface area contributed by atoms with Crippen LogP contribution in [0.3, 0.4) is 0 Å². The molecule has 18 heavy (non-hydrogen) atoms. The van der Waals surface area contributed by atoms with Crippen LogP contribution >= 0.6 is 11.6 Å². The van der Waals surface area contributed by atoms with Gasteiger partial charge in [0.25, 0.3) is 0 Å². The quantitative estimate of drug-likeness (QED) is 0.855. The van der Waals surface area contributed by atoms with E-state index >= 15 is 0 Å². The minimum Gasteiger partial charge on any atom is -0.374 e. The molecule has 1 atom stereocenters. The van der Waals surface area contributed by atoms with Crippen molar-refractivity contribution in [2.75, 3.05) is 13.2 Å². The number of aromatic nitrogens is 1. The lowest BCUT2D eigenvalue weighted by Gasteiger charge is -2.23. The van der Waals surface area contributed by atoms with Gasteiger partial charge in [0.2, 0.25) is 10.0 Å². The third kappa shape index (κ3) is 3.00. The summed E-state index contributed by atoms with van der Waals surface area (Å²) in [6, 6.07) is 2.96. The second kappa shape index (κ2) is 5.13. The highest BCUT2D eigenvalue weighted by Gasteiger charge is 2.31. The van der Waals surface area contributed by atoms with Crippen LogP contribution in [0.5, 0.6) is 0 Å². The van der Waals surface area contributed by atoms with Crippen molar-refractivity contribution < 1.29 is 13.2 Å². The molecule has 100 valence electrons. The highest BCUT2D eigenvalue weighted by atomic mass is 35.5. The van der Waals surface area contributed by atoms with Crippen molar-refractivity contribution in [1.29, 1.82) is 0 Å². The normalized spacial score (nSPS) is 24.3. The predicted octanol–water partition coefficient (Wildman–Crippen LogP) is 1.58. The molecule has 2 heterocycles. The number of halogens is 1. The van der Waals surface area contributed by atoms with Gasteiger partial charge < -0.3 is 4.74 Å². The Morgan fingerprint density at radius 3 is 3.00 bits per heavy atom. The number of hydrogen-bond acceptors (Lipinski definition) is 4. The van der Waals surface area contributed by atoms with Gasteiger partial charge in [0.1, 0.15) is 10.0 Å². The molecule has 0 saturated carbocycles. The first-order valence-corrected chi connectivity index (χ1v) is 7.53. The largest absolute Gasteiger partial charge is 0.374 e. The molecule has 0 aliphatic carbocycles. The third-order valence-corrected chi connectivity index (χ3v) is 4.80. The molecule has 1 aromatic heterocycles. The zero-order valence-electron chi connectivity index (χ0n) is 10.0. The maximum Gasteiger partial charge on any atom is 0.243 e. The first kappa shape index (κ1) is 13.7. The first-order chi connectivity index (χ1) is 8.43. The molecule has 1 unspecified atom stereocenters. The monoisotopic (exact) mass is 290 g/mol. The van der Waals surface area contributed by atoms with Gasteiger partial charge in [-0.1, -0.05) is 11.6 Å². The Kier molecular flexibility index (Phi) is 3.91. The number of sulfonamides is 1. The third-order valence-electron chi connectivity index (χ3n) is 2.95. The van der Waals surface area contributed by atoms with E-state index in [2.05, 4.69) is 9.71 Å². The van der Waals surface area contributed by atoms with Crippen molar-refractivity contribution in [3.63, 3.8) is 0 Å². The standard InChI is InChI=1S/C11H15ClN2O3S/c1-11(5-3-7-17-11)8-14-18(15,16)9-4-2-6-13-10(9)12/h2,4,6,14H,3,5,7-8H2,1H3. The van der Waals surface area contributed by atoms with E-state index in [1.165, 1.54) is 18.3 Å². The summed E-state index contributed by atoms with van der Waals surface area (Å²) in [5.74, 6) is 0. The second-order valence-corrected chi connectivity index (χ2v) is 6.61. The van der Waals surface area contributed by atoms with Crippen LogP contribution in [-0.4, -0.2) is 32.2 Å². The van der Waals surface area contributed by atoms with E-state index in [-0.39, 0.29) is 16.6 Å². The van der Waals surface area contributed by atoms with Crippen molar-refractivity contribution in [2.45, 2.75) is 30.3 Å². The van der Waals surface area contributed by atoms with Crippen molar-refractivity contribution >= 4 is 21.6 Å². The molecular weight excluding hydrogens is 276 g/mol. The molecule has 1 aromatic rings. The summed E-state index contributed by atoms with van der Waals surface area (Å²) in [4.78, 5) is 3.75. The Balaban J connectivity index is 2.11. The topological polar surface area (TPSA) is 68.3 Å². The summed E-state index contributed by atoms with van der Waals surface area (Å²) >= 11 is 5.78. The highest BCUT2D eigenvalue weighted by Crippen LogP contribution is 2.25. The van der Waals surface area contributed by atoms with Gasteiger partial charge >= 0.3 is 0 Å². The van der Waals surface area contributed by atoms with Crippen LogP contribution < -0.4 is 4.72 Å². The van der Waals surface area contributed by atoms with E-state index in [4.69, 9.17) is 16.3 Å². The maximum atomic E-state index is 12.1. The van der Waals surface area contributed by atoms with E-state index in [9.17, 15) is 8.42 Å². The molecule has 0 spiro atoms. The van der Waals surface area contributed by atoms with Gasteiger partial charge in [-0.05, 0) is 31.9 Å². The fraction of sp³-hybridized carbons (Fsp3) is 0.545. The molecule has 1 aliphatic heterocycles. The van der Waals surface area contributed by atoms with Crippen LogP contribution in [-0.2, 0) is 14.8 Å². The molecular formula is C11H15ClN2O3S. The summed E-state index contributed by atoms with van der Waals surface area (Å²) in [6.07, 6.45) is 3.24. The summed E-state index contributed by atoms with van der Waals surface area (Å²) in [6.45, 7) is 2.81. The summed E-state index contributed by atoms with van der Waals surface area (Å²) < 4.78 is 32.2. The highest BCUT2D eigenvalue weighted by molar-refractivity contribution is 7.89. The Morgan fingerprint density at radius 2 is 2.39 bits per heavy atom. The summed E-state index contributed by atoms with van der Waals surface area (Å²) in [5, 5.41) is -0.0255. The van der Waals surface area contributed by atoms with Gasteiger partial charge in [-0.3, -0.25) is 0 Å². The smallest absolute Gasteiger partial charge is 0.243 e. The maximum absolute atomic E-state index is 12.1. The molecule has 5 nitrogen and oxygen atoms in total. The average molecular weight is 291 g/mol. The number of ether oxygens (including phenoxy) is 1. The molecule has 0 amide bonds. The SMILES string of the molecule is CC1(CNS(=O)(=O)c2cccnc2Cl)CCCO1. The van der Waals surface area contributed by atoms with Gasteiger partial charge in [0.15, 0.2) is 0 Å². The first-order valence-electron chi connectivity index (χ1n) is 5.67. The summed E-state index contributed by atoms with van der Waals surface area (Å²) in [5.41, 5.74) is -0.429. The van der Waals surface area contributed by atoms with Crippen molar-refractivity contribution in [3.05, 3.63) is 23.5 Å². The van der Waals surface area contributed by atoms with Gasteiger partial charge in [0.05, 0.1) is 5.60 Å². The Hall–Kier alpha value is -0.690. The van der Waals surface area contributed by atoms with Crippen molar-refractivity contribution in [1.82, 2.24) is 9.71 Å². The van der Waals surface area contributed by atoms with Gasteiger partial charge in [-0.15, -0.1) is 0 Å². The number of nitrogens with zero attached hydrogens (tertiary/aromatic N) is 1. The second-order valence-electron chi connectivity index (χ2n) is 4.52.